The number of nitrogens with zero attached hydrogens (tertiary/aromatic N) is 1. The van der Waals surface area contributed by atoms with Crippen LogP contribution >= 0.6 is 0 Å². The summed E-state index contributed by atoms with van der Waals surface area (Å²) in [6, 6.07) is 5.44. The number of nitrogens with two attached hydrogens (primary N) is 1. The van der Waals surface area contributed by atoms with E-state index in [-0.39, 0.29) is 11.7 Å². The standard InChI is InChI=1S/C13H16N2O2/c1-9(16)4-6-15-7-5-10-2-3-11(14)8-12(10)13(15)17/h2-3,8H,4-7,14H2,1H3. The Balaban J connectivity index is 2.17. The molecule has 90 valence electrons. The summed E-state index contributed by atoms with van der Waals surface area (Å²) in [5.74, 6) is 0.0935. The Bertz CT molecular complexity index is 468. The Labute approximate surface area is 100 Å². The van der Waals surface area contributed by atoms with Crippen LogP contribution < -0.4 is 5.73 Å². The normalized spacial score (nSPS) is 14.6. The molecule has 0 bridgehead atoms. The number of anilines is 1. The van der Waals surface area contributed by atoms with Gasteiger partial charge >= 0.3 is 0 Å². The van der Waals surface area contributed by atoms with Crippen molar-refractivity contribution in [1.82, 2.24) is 4.90 Å². The molecule has 4 nitrogen and oxygen atoms in total. The first kappa shape index (κ1) is 11.6. The largest absolute Gasteiger partial charge is 0.399 e. The van der Waals surface area contributed by atoms with Crippen LogP contribution in [0.2, 0.25) is 0 Å². The van der Waals surface area contributed by atoms with Crippen molar-refractivity contribution in [3.05, 3.63) is 29.3 Å². The molecule has 1 aliphatic rings. The lowest BCUT2D eigenvalue weighted by Crippen LogP contribution is -2.38. The van der Waals surface area contributed by atoms with E-state index in [0.717, 1.165) is 12.0 Å². The molecule has 0 aromatic heterocycles. The molecule has 0 fully saturated rings. The lowest BCUT2D eigenvalue weighted by Gasteiger charge is -2.28. The van der Waals surface area contributed by atoms with Gasteiger partial charge in [-0.15, -0.1) is 0 Å². The maximum atomic E-state index is 12.1. The summed E-state index contributed by atoms with van der Waals surface area (Å²) >= 11 is 0. The zero-order chi connectivity index (χ0) is 12.4. The number of hydrogen-bond acceptors (Lipinski definition) is 3. The van der Waals surface area contributed by atoms with E-state index in [0.29, 0.717) is 30.8 Å². The predicted octanol–water partition coefficient (Wildman–Crippen LogP) is 1.25. The summed E-state index contributed by atoms with van der Waals surface area (Å²) in [5, 5.41) is 0. The van der Waals surface area contributed by atoms with Gasteiger partial charge in [0.25, 0.3) is 5.91 Å². The second kappa shape index (κ2) is 4.57. The molecule has 1 aliphatic heterocycles. The second-order valence-electron chi connectivity index (χ2n) is 4.41. The van der Waals surface area contributed by atoms with Gasteiger partial charge in [-0.3, -0.25) is 9.59 Å². The number of Topliss-reactive ketones (excluding diaryl/α,β-unsaturated/α-hetero) is 1. The van der Waals surface area contributed by atoms with Crippen LogP contribution in [-0.4, -0.2) is 29.7 Å². The van der Waals surface area contributed by atoms with Gasteiger partial charge in [0.15, 0.2) is 0 Å². The predicted molar refractivity (Wildman–Crippen MR) is 65.8 cm³/mol. The maximum Gasteiger partial charge on any atom is 0.254 e. The van der Waals surface area contributed by atoms with Gasteiger partial charge in [-0.2, -0.15) is 0 Å². The summed E-state index contributed by atoms with van der Waals surface area (Å²) in [4.78, 5) is 24.8. The van der Waals surface area contributed by atoms with E-state index in [2.05, 4.69) is 0 Å². The van der Waals surface area contributed by atoms with Crippen molar-refractivity contribution in [2.24, 2.45) is 0 Å². The number of amides is 1. The highest BCUT2D eigenvalue weighted by Crippen LogP contribution is 2.21. The van der Waals surface area contributed by atoms with E-state index in [9.17, 15) is 9.59 Å². The quantitative estimate of drug-likeness (QED) is 0.798. The highest BCUT2D eigenvalue weighted by Gasteiger charge is 2.24. The van der Waals surface area contributed by atoms with Gasteiger partial charge in [-0.1, -0.05) is 6.07 Å². The average Bonchev–Trinajstić information content (AvgIpc) is 2.29. The molecule has 1 amide bonds. The minimum Gasteiger partial charge on any atom is -0.399 e. The fraction of sp³-hybridized carbons (Fsp3) is 0.385. The van der Waals surface area contributed by atoms with Crippen LogP contribution in [0.1, 0.15) is 29.3 Å². The summed E-state index contributed by atoms with van der Waals surface area (Å²) in [7, 11) is 0. The molecule has 0 radical (unpaired) electrons. The molecule has 2 rings (SSSR count). The number of carbonyl (C=O) groups excluding carboxylic acids is 2. The third-order valence-electron chi connectivity index (χ3n) is 3.04. The van der Waals surface area contributed by atoms with Crippen LogP contribution in [0, 0.1) is 0 Å². The van der Waals surface area contributed by atoms with E-state index in [1.165, 1.54) is 0 Å². The van der Waals surface area contributed by atoms with Gasteiger partial charge in [0, 0.05) is 30.8 Å². The monoisotopic (exact) mass is 232 g/mol. The van der Waals surface area contributed by atoms with Crippen molar-refractivity contribution in [3.8, 4) is 0 Å². The molecular weight excluding hydrogens is 216 g/mol. The van der Waals surface area contributed by atoms with Gasteiger partial charge in [-0.05, 0) is 31.0 Å². The molecular formula is C13H16N2O2. The number of nitrogen functional groups attached to an aromatic ring is 1. The van der Waals surface area contributed by atoms with Crippen molar-refractivity contribution in [2.45, 2.75) is 19.8 Å². The molecule has 4 heteroatoms. The van der Waals surface area contributed by atoms with Crippen LogP contribution in [0.3, 0.4) is 0 Å². The zero-order valence-corrected chi connectivity index (χ0v) is 9.90. The first-order valence-corrected chi connectivity index (χ1v) is 5.75. The van der Waals surface area contributed by atoms with E-state index in [1.807, 2.05) is 12.1 Å². The van der Waals surface area contributed by atoms with Gasteiger partial charge < -0.3 is 10.6 Å². The third-order valence-corrected chi connectivity index (χ3v) is 3.04. The smallest absolute Gasteiger partial charge is 0.254 e. The van der Waals surface area contributed by atoms with E-state index in [4.69, 9.17) is 5.73 Å². The molecule has 1 aromatic rings. The summed E-state index contributed by atoms with van der Waals surface area (Å²) in [6.45, 7) is 2.73. The highest BCUT2D eigenvalue weighted by molar-refractivity contribution is 5.97. The number of carbonyl (C=O) groups is 2. The number of fused-ring (bicyclic) bond motifs is 1. The number of hydrogen-bond donors (Lipinski definition) is 1. The van der Waals surface area contributed by atoms with Crippen molar-refractivity contribution in [3.63, 3.8) is 0 Å². The SMILES string of the molecule is CC(=O)CCN1CCc2ccc(N)cc2C1=O. The molecule has 1 heterocycles. The van der Waals surface area contributed by atoms with Crippen molar-refractivity contribution >= 4 is 17.4 Å². The lowest BCUT2D eigenvalue weighted by molar-refractivity contribution is -0.117. The Hall–Kier alpha value is -1.84. The molecule has 0 unspecified atom stereocenters. The van der Waals surface area contributed by atoms with Crippen LogP contribution in [-0.2, 0) is 11.2 Å². The van der Waals surface area contributed by atoms with Gasteiger partial charge in [0.1, 0.15) is 5.78 Å². The number of ketones is 1. The Morgan fingerprint density at radius 3 is 2.94 bits per heavy atom. The van der Waals surface area contributed by atoms with Crippen molar-refractivity contribution in [2.75, 3.05) is 18.8 Å². The summed E-state index contributed by atoms with van der Waals surface area (Å²) in [6.07, 6.45) is 1.25. The number of benzene rings is 1. The van der Waals surface area contributed by atoms with Crippen molar-refractivity contribution < 1.29 is 9.59 Å². The van der Waals surface area contributed by atoms with Gasteiger partial charge in [0.05, 0.1) is 0 Å². The molecule has 0 aliphatic carbocycles. The average molecular weight is 232 g/mol. The van der Waals surface area contributed by atoms with Crippen LogP contribution in [0.15, 0.2) is 18.2 Å². The molecule has 2 N–H and O–H groups in total. The fourth-order valence-corrected chi connectivity index (χ4v) is 2.04. The first-order valence-electron chi connectivity index (χ1n) is 5.75. The molecule has 1 aromatic carbocycles. The highest BCUT2D eigenvalue weighted by atomic mass is 16.2. The van der Waals surface area contributed by atoms with E-state index in [1.54, 1.807) is 17.9 Å². The first-order chi connectivity index (χ1) is 8.08. The molecule has 0 atom stereocenters. The summed E-state index contributed by atoms with van der Waals surface area (Å²) in [5.41, 5.74) is 8.01. The maximum absolute atomic E-state index is 12.1. The molecule has 17 heavy (non-hydrogen) atoms. The van der Waals surface area contributed by atoms with Gasteiger partial charge in [0.2, 0.25) is 0 Å². The third kappa shape index (κ3) is 2.46. The van der Waals surface area contributed by atoms with Gasteiger partial charge in [-0.25, -0.2) is 0 Å². The molecule has 0 saturated carbocycles. The Kier molecular flexibility index (Phi) is 3.13. The minimum absolute atomic E-state index is 0.0141. The number of rotatable bonds is 3. The fourth-order valence-electron chi connectivity index (χ4n) is 2.04. The molecule has 0 saturated heterocycles. The second-order valence-corrected chi connectivity index (χ2v) is 4.41. The van der Waals surface area contributed by atoms with Crippen LogP contribution in [0.4, 0.5) is 5.69 Å². The minimum atomic E-state index is -0.0141. The zero-order valence-electron chi connectivity index (χ0n) is 9.90. The Morgan fingerprint density at radius 1 is 1.47 bits per heavy atom. The topological polar surface area (TPSA) is 63.4 Å². The Morgan fingerprint density at radius 2 is 2.24 bits per heavy atom. The lowest BCUT2D eigenvalue weighted by atomic mass is 9.98. The van der Waals surface area contributed by atoms with Crippen molar-refractivity contribution in [1.29, 1.82) is 0 Å². The molecule has 0 spiro atoms. The van der Waals surface area contributed by atoms with Crippen LogP contribution in [0.25, 0.3) is 0 Å². The van der Waals surface area contributed by atoms with E-state index >= 15 is 0 Å². The van der Waals surface area contributed by atoms with Crippen LogP contribution in [0.5, 0.6) is 0 Å². The van der Waals surface area contributed by atoms with E-state index < -0.39 is 0 Å². The summed E-state index contributed by atoms with van der Waals surface area (Å²) < 4.78 is 0.